The van der Waals surface area contributed by atoms with Crippen LogP contribution in [-0.4, -0.2) is 5.91 Å². The lowest BCUT2D eigenvalue weighted by molar-refractivity contribution is 0.102. The predicted octanol–water partition coefficient (Wildman–Crippen LogP) is 6.38. The van der Waals surface area contributed by atoms with Crippen molar-refractivity contribution in [1.29, 1.82) is 5.26 Å². The minimum absolute atomic E-state index is 0.170. The molecular formula is C25H18ClN3O2S. The molecule has 158 valence electrons. The number of carbonyl (C=O) groups is 1. The summed E-state index contributed by atoms with van der Waals surface area (Å²) < 4.78 is 6.05. The largest absolute Gasteiger partial charge is 0.437 e. The van der Waals surface area contributed by atoms with Crippen LogP contribution in [0, 0.1) is 11.3 Å². The number of hydrogen-bond acceptors (Lipinski definition) is 5. The third kappa shape index (κ3) is 3.93. The zero-order valence-electron chi connectivity index (χ0n) is 17.0. The van der Waals surface area contributed by atoms with Crippen molar-refractivity contribution in [3.8, 4) is 6.07 Å². The van der Waals surface area contributed by atoms with E-state index >= 15 is 0 Å². The van der Waals surface area contributed by atoms with E-state index in [2.05, 4.69) is 16.4 Å². The molecule has 7 heteroatoms. The molecule has 0 fully saturated rings. The molecule has 1 amide bonds. The van der Waals surface area contributed by atoms with Gasteiger partial charge in [0, 0.05) is 21.0 Å². The van der Waals surface area contributed by atoms with Crippen molar-refractivity contribution in [3.05, 3.63) is 86.7 Å². The van der Waals surface area contributed by atoms with Gasteiger partial charge in [-0.3, -0.25) is 4.79 Å². The summed E-state index contributed by atoms with van der Waals surface area (Å²) in [7, 11) is 0. The van der Waals surface area contributed by atoms with Crippen LogP contribution in [0.1, 0.15) is 39.2 Å². The van der Waals surface area contributed by atoms with E-state index in [1.165, 1.54) is 16.2 Å². The molecule has 5 rings (SSSR count). The number of halogens is 1. The summed E-state index contributed by atoms with van der Waals surface area (Å²) in [5.74, 6) is -0.347. The maximum Gasteiger partial charge on any atom is 0.261 e. The highest BCUT2D eigenvalue weighted by Gasteiger charge is 2.21. The molecule has 1 aliphatic rings. The number of amides is 1. The van der Waals surface area contributed by atoms with Crippen molar-refractivity contribution in [3.63, 3.8) is 0 Å². The van der Waals surface area contributed by atoms with Crippen molar-refractivity contribution < 1.29 is 9.21 Å². The Balaban J connectivity index is 1.69. The van der Waals surface area contributed by atoms with Crippen LogP contribution in [0.5, 0.6) is 0 Å². The fourth-order valence-electron chi connectivity index (χ4n) is 3.90. The number of nitrogens with zero attached hydrogens (tertiary/aromatic N) is 2. The first-order valence-electron chi connectivity index (χ1n) is 10.3. The van der Waals surface area contributed by atoms with Gasteiger partial charge in [-0.1, -0.05) is 29.8 Å². The third-order valence-electron chi connectivity index (χ3n) is 5.45. The van der Waals surface area contributed by atoms with Gasteiger partial charge < -0.3 is 9.73 Å². The van der Waals surface area contributed by atoms with Crippen LogP contribution in [-0.2, 0) is 12.8 Å². The van der Waals surface area contributed by atoms with E-state index in [9.17, 15) is 10.1 Å². The second-order valence-corrected chi connectivity index (χ2v) is 9.10. The van der Waals surface area contributed by atoms with E-state index < -0.39 is 0 Å². The second kappa shape index (κ2) is 8.62. The summed E-state index contributed by atoms with van der Waals surface area (Å²) in [6, 6.07) is 18.5. The Hall–Kier alpha value is -3.40. The first-order chi connectivity index (χ1) is 15.6. The summed E-state index contributed by atoms with van der Waals surface area (Å²) in [5, 5.41) is 14.5. The van der Waals surface area contributed by atoms with Crippen molar-refractivity contribution in [2.75, 3.05) is 5.32 Å². The zero-order valence-corrected chi connectivity index (χ0v) is 18.6. The molecule has 0 atom stereocenters. The van der Waals surface area contributed by atoms with Crippen LogP contribution < -0.4 is 10.9 Å². The molecule has 32 heavy (non-hydrogen) atoms. The van der Waals surface area contributed by atoms with Crippen molar-refractivity contribution in [2.45, 2.75) is 25.7 Å². The number of rotatable bonds is 3. The Morgan fingerprint density at radius 3 is 2.75 bits per heavy atom. The summed E-state index contributed by atoms with van der Waals surface area (Å²) in [4.78, 5) is 19.1. The third-order valence-corrected chi connectivity index (χ3v) is 6.87. The van der Waals surface area contributed by atoms with E-state index in [-0.39, 0.29) is 17.0 Å². The van der Waals surface area contributed by atoms with Crippen molar-refractivity contribution >= 4 is 50.5 Å². The molecule has 2 heterocycles. The quantitative estimate of drug-likeness (QED) is 0.386. The highest BCUT2D eigenvalue weighted by Crippen LogP contribution is 2.39. The maximum atomic E-state index is 13.2. The average molecular weight is 460 g/mol. The highest BCUT2D eigenvalue weighted by molar-refractivity contribution is 7.16. The van der Waals surface area contributed by atoms with Gasteiger partial charge in [0.25, 0.3) is 5.91 Å². The lowest BCUT2D eigenvalue weighted by Gasteiger charge is -2.09. The second-order valence-electron chi connectivity index (χ2n) is 7.58. The number of fused-ring (bicyclic) bond motifs is 2. The molecule has 0 unspecified atom stereocenters. The van der Waals surface area contributed by atoms with E-state index in [1.54, 1.807) is 24.3 Å². The molecular weight excluding hydrogens is 442 g/mol. The maximum absolute atomic E-state index is 13.2. The van der Waals surface area contributed by atoms with E-state index in [4.69, 9.17) is 16.0 Å². The Morgan fingerprint density at radius 1 is 1.12 bits per heavy atom. The number of anilines is 1. The van der Waals surface area contributed by atoms with Gasteiger partial charge in [0.1, 0.15) is 22.2 Å². The lowest BCUT2D eigenvalue weighted by atomic mass is 9.96. The number of aryl methyl sites for hydroxylation is 1. The van der Waals surface area contributed by atoms with Gasteiger partial charge in [-0.25, -0.2) is 4.99 Å². The number of para-hydroxylation sites is 1. The van der Waals surface area contributed by atoms with Crippen LogP contribution in [0.4, 0.5) is 10.7 Å². The molecule has 0 bridgehead atoms. The molecule has 0 saturated heterocycles. The van der Waals surface area contributed by atoms with E-state index in [0.717, 1.165) is 31.2 Å². The molecule has 0 aliphatic heterocycles. The number of carbonyl (C=O) groups excluding carboxylic acids is 1. The monoisotopic (exact) mass is 459 g/mol. The van der Waals surface area contributed by atoms with Crippen molar-refractivity contribution in [2.24, 2.45) is 4.99 Å². The van der Waals surface area contributed by atoms with Gasteiger partial charge in [0.2, 0.25) is 5.55 Å². The van der Waals surface area contributed by atoms with Gasteiger partial charge in [0.15, 0.2) is 0 Å². The smallest absolute Gasteiger partial charge is 0.261 e. The molecule has 1 N–H and O–H groups in total. The summed E-state index contributed by atoms with van der Waals surface area (Å²) in [6.07, 6.45) is 4.03. The minimum atomic E-state index is -0.347. The van der Waals surface area contributed by atoms with Gasteiger partial charge in [-0.2, -0.15) is 5.26 Å². The van der Waals surface area contributed by atoms with Crippen LogP contribution in [0.25, 0.3) is 11.0 Å². The normalized spacial score (nSPS) is 13.6. The Kier molecular flexibility index (Phi) is 5.52. The van der Waals surface area contributed by atoms with E-state index in [0.29, 0.717) is 32.2 Å². The summed E-state index contributed by atoms with van der Waals surface area (Å²) >= 11 is 7.66. The number of hydrogen-bond donors (Lipinski definition) is 1. The number of thiophene rings is 1. The molecule has 4 aromatic rings. The first kappa shape index (κ1) is 20.5. The van der Waals surface area contributed by atoms with Gasteiger partial charge in [0.05, 0.1) is 5.56 Å². The van der Waals surface area contributed by atoms with Crippen LogP contribution in [0.2, 0.25) is 5.02 Å². The Morgan fingerprint density at radius 2 is 1.94 bits per heavy atom. The van der Waals surface area contributed by atoms with Gasteiger partial charge >= 0.3 is 0 Å². The fraction of sp³-hybridized carbons (Fsp3) is 0.160. The molecule has 0 saturated carbocycles. The average Bonchev–Trinajstić information content (AvgIpc) is 3.16. The molecule has 2 aromatic carbocycles. The fourth-order valence-corrected chi connectivity index (χ4v) is 5.29. The van der Waals surface area contributed by atoms with Crippen molar-refractivity contribution in [1.82, 2.24) is 0 Å². The Bertz CT molecular complexity index is 1450. The number of nitriles is 1. The van der Waals surface area contributed by atoms with Gasteiger partial charge in [-0.15, -0.1) is 11.3 Å². The predicted molar refractivity (Wildman–Crippen MR) is 127 cm³/mol. The number of benzene rings is 2. The topological polar surface area (TPSA) is 78.4 Å². The van der Waals surface area contributed by atoms with Crippen LogP contribution >= 0.6 is 22.9 Å². The molecule has 1 aliphatic carbocycles. The zero-order chi connectivity index (χ0) is 22.1. The first-order valence-corrected chi connectivity index (χ1v) is 11.5. The van der Waals surface area contributed by atoms with Gasteiger partial charge in [-0.05, 0) is 67.6 Å². The molecule has 0 radical (unpaired) electrons. The Labute approximate surface area is 193 Å². The van der Waals surface area contributed by atoms with Crippen LogP contribution in [0.15, 0.2) is 64.0 Å². The standard InChI is InChI=1S/C25H18ClN3O2S/c26-16-10-11-21-15(12-16)13-19(23(30)28-17-6-2-1-3-7-17)24(31-21)29-25-20(14-27)18-8-4-5-9-22(18)32-25/h1-3,6-7,10-13H,4-5,8-9H2,(H,28,30)/b29-24-. The highest BCUT2D eigenvalue weighted by atomic mass is 35.5. The molecule has 5 nitrogen and oxygen atoms in total. The van der Waals surface area contributed by atoms with Crippen LogP contribution in [0.3, 0.4) is 0 Å². The summed E-state index contributed by atoms with van der Waals surface area (Å²) in [6.45, 7) is 0. The molecule has 2 aromatic heterocycles. The van der Waals surface area contributed by atoms with E-state index in [1.807, 2.05) is 30.3 Å². The minimum Gasteiger partial charge on any atom is -0.437 e. The SMILES string of the molecule is N#Cc1c(/N=c2\oc3ccc(Cl)cc3cc2C(=O)Nc2ccccc2)sc2c1CCCC2. The number of nitrogens with one attached hydrogen (secondary N) is 1. The molecule has 0 spiro atoms. The summed E-state index contributed by atoms with van der Waals surface area (Å²) in [5.41, 5.74) is 3.35. The lowest BCUT2D eigenvalue weighted by Crippen LogP contribution is -2.21.